The number of hydrogen-bond donors (Lipinski definition) is 2. The van der Waals surface area contributed by atoms with Crippen LogP contribution in [0.5, 0.6) is 0 Å². The first-order valence-electron chi connectivity index (χ1n) is 7.82. The molecule has 2 atom stereocenters. The fourth-order valence-electron chi connectivity index (χ4n) is 2.85. The van der Waals surface area contributed by atoms with Gasteiger partial charge in [-0.15, -0.1) is 0 Å². The van der Waals surface area contributed by atoms with Crippen LogP contribution in [0, 0.1) is 20.8 Å². The van der Waals surface area contributed by atoms with Crippen LogP contribution in [0.3, 0.4) is 0 Å². The van der Waals surface area contributed by atoms with Crippen LogP contribution in [-0.4, -0.2) is 22.7 Å². The molecule has 0 saturated carbocycles. The van der Waals surface area contributed by atoms with E-state index in [0.717, 1.165) is 28.1 Å². The first-order chi connectivity index (χ1) is 10.9. The molecule has 23 heavy (non-hydrogen) atoms. The number of aryl methyl sites for hydroxylation is 3. The van der Waals surface area contributed by atoms with Gasteiger partial charge in [-0.3, -0.25) is 4.79 Å². The minimum Gasteiger partial charge on any atom is -0.387 e. The maximum atomic E-state index is 12.1. The van der Waals surface area contributed by atoms with Crippen molar-refractivity contribution in [3.8, 4) is 0 Å². The molecule has 0 radical (unpaired) electrons. The lowest BCUT2D eigenvalue weighted by atomic mass is 9.96. The summed E-state index contributed by atoms with van der Waals surface area (Å²) >= 11 is 0. The number of nitrogens with zero attached hydrogens (tertiary/aromatic N) is 1. The van der Waals surface area contributed by atoms with Crippen molar-refractivity contribution in [2.24, 2.45) is 0 Å². The largest absolute Gasteiger partial charge is 0.387 e. The van der Waals surface area contributed by atoms with Gasteiger partial charge in [-0.25, -0.2) is 0 Å². The van der Waals surface area contributed by atoms with Crippen LogP contribution >= 0.6 is 0 Å². The molecule has 1 amide bonds. The van der Waals surface area contributed by atoms with Gasteiger partial charge in [0, 0.05) is 18.5 Å². The second-order valence-corrected chi connectivity index (χ2v) is 6.08. The average molecular weight is 316 g/mol. The van der Waals surface area contributed by atoms with Crippen LogP contribution in [0.15, 0.2) is 28.8 Å². The van der Waals surface area contributed by atoms with E-state index in [0.29, 0.717) is 6.42 Å². The Labute approximate surface area is 136 Å². The maximum absolute atomic E-state index is 12.1. The van der Waals surface area contributed by atoms with Gasteiger partial charge in [0.05, 0.1) is 11.8 Å². The monoisotopic (exact) mass is 316 g/mol. The van der Waals surface area contributed by atoms with Gasteiger partial charge in [-0.05, 0) is 32.3 Å². The molecule has 5 nitrogen and oxygen atoms in total. The molecule has 2 unspecified atom stereocenters. The summed E-state index contributed by atoms with van der Waals surface area (Å²) in [7, 11) is 0. The van der Waals surface area contributed by atoms with Crippen molar-refractivity contribution in [2.45, 2.75) is 46.1 Å². The van der Waals surface area contributed by atoms with Gasteiger partial charge in [-0.2, -0.15) is 0 Å². The first-order valence-corrected chi connectivity index (χ1v) is 7.82. The van der Waals surface area contributed by atoms with E-state index in [1.807, 2.05) is 52.0 Å². The number of carbonyl (C=O) groups excluding carboxylic acids is 1. The highest BCUT2D eigenvalue weighted by Crippen LogP contribution is 2.25. The second kappa shape index (κ2) is 7.42. The highest BCUT2D eigenvalue weighted by molar-refractivity contribution is 5.77. The molecule has 0 fully saturated rings. The molecule has 0 bridgehead atoms. The lowest BCUT2D eigenvalue weighted by Crippen LogP contribution is -2.29. The number of benzene rings is 1. The van der Waals surface area contributed by atoms with Crippen LogP contribution in [0.2, 0.25) is 0 Å². The van der Waals surface area contributed by atoms with E-state index >= 15 is 0 Å². The van der Waals surface area contributed by atoms with E-state index in [1.165, 1.54) is 0 Å². The van der Waals surface area contributed by atoms with Crippen LogP contribution in [0.1, 0.15) is 53.5 Å². The second-order valence-electron chi connectivity index (χ2n) is 6.08. The number of amides is 1. The Balaban J connectivity index is 1.88. The molecule has 2 aromatic rings. The van der Waals surface area contributed by atoms with Gasteiger partial charge < -0.3 is 14.9 Å². The quantitative estimate of drug-likeness (QED) is 0.859. The molecule has 0 aliphatic rings. The van der Waals surface area contributed by atoms with Crippen LogP contribution in [0.4, 0.5) is 0 Å². The van der Waals surface area contributed by atoms with Gasteiger partial charge >= 0.3 is 0 Å². The van der Waals surface area contributed by atoms with E-state index in [2.05, 4.69) is 10.5 Å². The fraction of sp³-hybridized carbons (Fsp3) is 0.444. The van der Waals surface area contributed by atoms with E-state index in [4.69, 9.17) is 4.52 Å². The summed E-state index contributed by atoms with van der Waals surface area (Å²) in [5, 5.41) is 16.9. The topological polar surface area (TPSA) is 75.4 Å². The third kappa shape index (κ3) is 4.42. The van der Waals surface area contributed by atoms with Gasteiger partial charge in [0.1, 0.15) is 5.76 Å². The molecule has 0 aliphatic carbocycles. The summed E-state index contributed by atoms with van der Waals surface area (Å²) in [6.45, 7) is 7.88. The van der Waals surface area contributed by atoms with Crippen molar-refractivity contribution in [1.29, 1.82) is 0 Å². The van der Waals surface area contributed by atoms with Crippen LogP contribution < -0.4 is 5.32 Å². The third-order valence-corrected chi connectivity index (χ3v) is 3.99. The number of nitrogens with one attached hydrogen (secondary N) is 1. The van der Waals surface area contributed by atoms with Crippen LogP contribution in [-0.2, 0) is 4.79 Å². The number of aromatic nitrogens is 1. The molecule has 1 aromatic heterocycles. The Bertz CT molecular complexity index is 659. The Morgan fingerprint density at radius 2 is 2.09 bits per heavy atom. The van der Waals surface area contributed by atoms with Gasteiger partial charge in [0.25, 0.3) is 0 Å². The lowest BCUT2D eigenvalue weighted by Gasteiger charge is -2.15. The number of hydrogen-bond acceptors (Lipinski definition) is 4. The standard InChI is InChI=1S/C18H24N2O3/c1-11-6-5-7-15(8-11)16(21)10-19-17(22)9-12(2)18-13(3)20-23-14(18)4/h5-8,12,16,21H,9-10H2,1-4H3,(H,19,22). The zero-order valence-corrected chi connectivity index (χ0v) is 14.1. The van der Waals surface area contributed by atoms with Crippen LogP contribution in [0.25, 0.3) is 0 Å². The molecule has 2 N–H and O–H groups in total. The molecular weight excluding hydrogens is 292 g/mol. The molecule has 124 valence electrons. The van der Waals surface area contributed by atoms with E-state index in [-0.39, 0.29) is 18.4 Å². The summed E-state index contributed by atoms with van der Waals surface area (Å²) in [5.41, 5.74) is 3.70. The Morgan fingerprint density at radius 3 is 2.70 bits per heavy atom. The number of rotatable bonds is 6. The molecule has 2 rings (SSSR count). The first kappa shape index (κ1) is 17.2. The van der Waals surface area contributed by atoms with Crippen molar-refractivity contribution >= 4 is 5.91 Å². The Kier molecular flexibility index (Phi) is 5.55. The van der Waals surface area contributed by atoms with Gasteiger partial charge in [0.2, 0.25) is 5.91 Å². The van der Waals surface area contributed by atoms with E-state index in [9.17, 15) is 9.90 Å². The average Bonchev–Trinajstić information content (AvgIpc) is 2.83. The minimum absolute atomic E-state index is 0.0253. The van der Waals surface area contributed by atoms with Crippen molar-refractivity contribution in [3.05, 3.63) is 52.4 Å². The van der Waals surface area contributed by atoms with Crippen molar-refractivity contribution < 1.29 is 14.4 Å². The minimum atomic E-state index is -0.701. The van der Waals surface area contributed by atoms with Gasteiger partial charge in [-0.1, -0.05) is 41.9 Å². The zero-order chi connectivity index (χ0) is 17.0. The molecule has 0 aliphatic heterocycles. The predicted molar refractivity (Wildman–Crippen MR) is 88.2 cm³/mol. The zero-order valence-electron chi connectivity index (χ0n) is 14.1. The van der Waals surface area contributed by atoms with Gasteiger partial charge in [0.15, 0.2) is 0 Å². The van der Waals surface area contributed by atoms with E-state index in [1.54, 1.807) is 0 Å². The Hall–Kier alpha value is -2.14. The summed E-state index contributed by atoms with van der Waals surface area (Å²) in [6.07, 6.45) is -0.364. The van der Waals surface area contributed by atoms with Crippen molar-refractivity contribution in [1.82, 2.24) is 10.5 Å². The SMILES string of the molecule is Cc1cccc(C(O)CNC(=O)CC(C)c2c(C)noc2C)c1. The lowest BCUT2D eigenvalue weighted by molar-refractivity contribution is -0.121. The van der Waals surface area contributed by atoms with Crippen molar-refractivity contribution in [2.75, 3.05) is 6.54 Å². The molecule has 0 saturated heterocycles. The molecule has 1 heterocycles. The molecule has 0 spiro atoms. The Morgan fingerprint density at radius 1 is 1.35 bits per heavy atom. The third-order valence-electron chi connectivity index (χ3n) is 3.99. The summed E-state index contributed by atoms with van der Waals surface area (Å²) in [4.78, 5) is 12.1. The molecule has 1 aromatic carbocycles. The number of aliphatic hydroxyl groups is 1. The normalized spacial score (nSPS) is 13.6. The van der Waals surface area contributed by atoms with E-state index < -0.39 is 6.10 Å². The van der Waals surface area contributed by atoms with Crippen molar-refractivity contribution in [3.63, 3.8) is 0 Å². The summed E-state index contributed by atoms with van der Waals surface area (Å²) < 4.78 is 5.14. The number of carbonyl (C=O) groups is 1. The highest BCUT2D eigenvalue weighted by atomic mass is 16.5. The molecule has 5 heteroatoms. The maximum Gasteiger partial charge on any atom is 0.220 e. The predicted octanol–water partition coefficient (Wildman–Crippen LogP) is 2.94. The summed E-state index contributed by atoms with van der Waals surface area (Å²) in [6, 6.07) is 7.65. The highest BCUT2D eigenvalue weighted by Gasteiger charge is 2.19. The summed E-state index contributed by atoms with van der Waals surface area (Å²) in [5.74, 6) is 0.684. The molecular formula is C18H24N2O3. The number of aliphatic hydroxyl groups excluding tert-OH is 1. The smallest absolute Gasteiger partial charge is 0.220 e. The fourth-order valence-corrected chi connectivity index (χ4v) is 2.85.